The zero-order valence-electron chi connectivity index (χ0n) is 40.5. The van der Waals surface area contributed by atoms with Crippen LogP contribution in [0.3, 0.4) is 0 Å². The van der Waals surface area contributed by atoms with Crippen LogP contribution >= 0.6 is 7.82 Å². The number of phosphoric ester groups is 1. The number of carbonyl (C=O) groups is 2. The summed E-state index contributed by atoms with van der Waals surface area (Å²) in [5.41, 5.74) is 0. The molecule has 380 valence electrons. The van der Waals surface area contributed by atoms with E-state index in [9.17, 15) is 44.6 Å². The molecular weight excluding hydrogens is 852 g/mol. The van der Waals surface area contributed by atoms with Gasteiger partial charge in [-0.05, 0) is 70.6 Å². The quantitative estimate of drug-likeness (QED) is 0.0146. The van der Waals surface area contributed by atoms with Crippen molar-refractivity contribution in [3.8, 4) is 0 Å². The van der Waals surface area contributed by atoms with E-state index in [1.165, 1.54) is 116 Å². The Bertz CT molecular complexity index is 1280. The maximum Gasteiger partial charge on any atom is 0.472 e. The Morgan fingerprint density at radius 1 is 0.462 bits per heavy atom. The van der Waals surface area contributed by atoms with E-state index < -0.39 is 75.7 Å². The van der Waals surface area contributed by atoms with Gasteiger partial charge < -0.3 is 39.9 Å². The number of ether oxygens (including phenoxy) is 2. The minimum Gasteiger partial charge on any atom is -0.462 e. The number of unbranched alkanes of at least 4 members (excludes halogenated alkanes) is 25. The van der Waals surface area contributed by atoms with Gasteiger partial charge >= 0.3 is 19.8 Å². The fourth-order valence-corrected chi connectivity index (χ4v) is 8.75. The standard InChI is InChI=1S/C51H93O13P/c1-3-5-7-9-11-13-15-17-18-19-20-21-22-23-24-25-26-28-29-31-33-35-37-39-44(52)61-41-43(42-62-65(59,60)64-51-49(57)47(55)46(54)48(56)50(51)58)63-45(53)40-38-36-34-32-30-27-16-14-12-10-8-6-4-2/h14,16,25-26,31,33,43,46-51,54-58H,3-13,15,17-24,27-30,32,34-42H2,1-2H3,(H,59,60)/b16-14+,26-25+,33-31+/t43-,46?,47-,48?,49?,50?,51?/m0/s1. The molecule has 65 heavy (non-hydrogen) atoms. The lowest BCUT2D eigenvalue weighted by Gasteiger charge is -2.41. The van der Waals surface area contributed by atoms with Crippen LogP contribution in [0.2, 0.25) is 0 Å². The van der Waals surface area contributed by atoms with Gasteiger partial charge in [0.1, 0.15) is 43.2 Å². The van der Waals surface area contributed by atoms with E-state index in [1.807, 2.05) is 6.08 Å². The second-order valence-corrected chi connectivity index (χ2v) is 19.4. The van der Waals surface area contributed by atoms with Crippen LogP contribution in [0.25, 0.3) is 0 Å². The first kappa shape index (κ1) is 61.1. The van der Waals surface area contributed by atoms with Crippen LogP contribution in [0.15, 0.2) is 36.5 Å². The van der Waals surface area contributed by atoms with Gasteiger partial charge in [-0.2, -0.15) is 0 Å². The molecule has 1 saturated carbocycles. The third-order valence-corrected chi connectivity index (χ3v) is 12.9. The van der Waals surface area contributed by atoms with Gasteiger partial charge in [-0.15, -0.1) is 0 Å². The molecule has 6 unspecified atom stereocenters. The molecule has 0 bridgehead atoms. The van der Waals surface area contributed by atoms with Crippen LogP contribution in [-0.4, -0.2) is 98.3 Å². The fourth-order valence-electron chi connectivity index (χ4n) is 7.77. The molecule has 14 heteroatoms. The molecule has 0 aromatic heterocycles. The topological polar surface area (TPSA) is 210 Å². The highest BCUT2D eigenvalue weighted by Crippen LogP contribution is 2.47. The average molecular weight is 945 g/mol. The number of aliphatic hydroxyl groups is 5. The zero-order valence-corrected chi connectivity index (χ0v) is 41.4. The van der Waals surface area contributed by atoms with Gasteiger partial charge in [0, 0.05) is 12.8 Å². The molecule has 0 amide bonds. The summed E-state index contributed by atoms with van der Waals surface area (Å²) in [6, 6.07) is 0. The van der Waals surface area contributed by atoms with E-state index in [1.54, 1.807) is 0 Å². The van der Waals surface area contributed by atoms with Crippen molar-refractivity contribution in [1.82, 2.24) is 0 Å². The van der Waals surface area contributed by atoms with Crippen LogP contribution in [0.4, 0.5) is 0 Å². The number of hydrogen-bond donors (Lipinski definition) is 6. The number of aliphatic hydroxyl groups excluding tert-OH is 5. The molecule has 0 spiro atoms. The number of carbonyl (C=O) groups excluding carboxylic acids is 2. The fraction of sp³-hybridized carbons (Fsp3) is 0.843. The van der Waals surface area contributed by atoms with Crippen molar-refractivity contribution in [2.24, 2.45) is 0 Å². The van der Waals surface area contributed by atoms with Gasteiger partial charge in [0.05, 0.1) is 6.61 Å². The number of allylic oxidation sites excluding steroid dienone is 6. The third-order valence-electron chi connectivity index (χ3n) is 11.9. The molecule has 1 aliphatic carbocycles. The minimum absolute atomic E-state index is 0.0790. The van der Waals surface area contributed by atoms with Crippen molar-refractivity contribution in [1.29, 1.82) is 0 Å². The number of hydrogen-bond acceptors (Lipinski definition) is 12. The summed E-state index contributed by atoms with van der Waals surface area (Å²) in [5, 5.41) is 50.2. The molecule has 0 aromatic carbocycles. The maximum atomic E-state index is 12.8. The Morgan fingerprint density at radius 2 is 0.815 bits per heavy atom. The third kappa shape index (κ3) is 33.3. The molecule has 0 heterocycles. The average Bonchev–Trinajstić information content (AvgIpc) is 3.29. The van der Waals surface area contributed by atoms with E-state index >= 15 is 0 Å². The van der Waals surface area contributed by atoms with Crippen LogP contribution in [0.1, 0.15) is 219 Å². The Balaban J connectivity index is 2.39. The number of esters is 2. The molecule has 8 atom stereocenters. The van der Waals surface area contributed by atoms with E-state index in [-0.39, 0.29) is 12.8 Å². The first-order valence-corrected chi connectivity index (χ1v) is 27.3. The second kappa shape index (κ2) is 41.1. The van der Waals surface area contributed by atoms with Crippen molar-refractivity contribution >= 4 is 19.8 Å². The van der Waals surface area contributed by atoms with E-state index in [0.717, 1.165) is 57.8 Å². The minimum atomic E-state index is -5.13. The van der Waals surface area contributed by atoms with Crippen molar-refractivity contribution in [2.45, 2.75) is 262 Å². The Hall–Kier alpha value is -1.93. The molecule has 0 aromatic rings. The van der Waals surface area contributed by atoms with Crippen molar-refractivity contribution < 1.29 is 63.1 Å². The maximum absolute atomic E-state index is 12.8. The van der Waals surface area contributed by atoms with Crippen LogP contribution in [-0.2, 0) is 32.7 Å². The lowest BCUT2D eigenvalue weighted by Crippen LogP contribution is -2.64. The molecule has 1 aliphatic rings. The first-order chi connectivity index (χ1) is 31.4. The number of rotatable bonds is 43. The monoisotopic (exact) mass is 945 g/mol. The molecular formula is C51H93O13P. The van der Waals surface area contributed by atoms with Crippen molar-refractivity contribution in [3.05, 3.63) is 36.5 Å². The molecule has 13 nitrogen and oxygen atoms in total. The normalized spacial score (nSPS) is 21.7. The highest BCUT2D eigenvalue weighted by Gasteiger charge is 2.51. The smallest absolute Gasteiger partial charge is 0.462 e. The van der Waals surface area contributed by atoms with Gasteiger partial charge in [0.2, 0.25) is 0 Å². The lowest BCUT2D eigenvalue weighted by atomic mass is 9.85. The highest BCUT2D eigenvalue weighted by molar-refractivity contribution is 7.47. The summed E-state index contributed by atoms with van der Waals surface area (Å²) in [7, 11) is -5.13. The summed E-state index contributed by atoms with van der Waals surface area (Å²) in [4.78, 5) is 35.7. The lowest BCUT2D eigenvalue weighted by molar-refractivity contribution is -0.220. The van der Waals surface area contributed by atoms with Gasteiger partial charge in [0.15, 0.2) is 6.10 Å². The van der Waals surface area contributed by atoms with Crippen LogP contribution in [0.5, 0.6) is 0 Å². The summed E-state index contributed by atoms with van der Waals surface area (Å²) in [6.07, 6.45) is 35.0. The summed E-state index contributed by atoms with van der Waals surface area (Å²) in [6.45, 7) is 3.26. The van der Waals surface area contributed by atoms with Gasteiger partial charge in [-0.25, -0.2) is 4.57 Å². The molecule has 6 N–H and O–H groups in total. The molecule has 0 saturated heterocycles. The Labute approximate surface area is 393 Å². The summed E-state index contributed by atoms with van der Waals surface area (Å²) >= 11 is 0. The number of phosphoric acid groups is 1. The van der Waals surface area contributed by atoms with E-state index in [2.05, 4.69) is 44.2 Å². The molecule has 1 rings (SSSR count). The van der Waals surface area contributed by atoms with E-state index in [0.29, 0.717) is 19.3 Å². The first-order valence-electron chi connectivity index (χ1n) is 25.8. The Morgan fingerprint density at radius 3 is 1.28 bits per heavy atom. The van der Waals surface area contributed by atoms with Gasteiger partial charge in [-0.1, -0.05) is 172 Å². The molecule has 1 fully saturated rings. The van der Waals surface area contributed by atoms with Gasteiger partial charge in [-0.3, -0.25) is 18.6 Å². The van der Waals surface area contributed by atoms with Gasteiger partial charge in [0.25, 0.3) is 0 Å². The summed E-state index contributed by atoms with van der Waals surface area (Å²) in [5.74, 6) is -1.15. The molecule has 0 radical (unpaired) electrons. The Kier molecular flexibility index (Phi) is 38.6. The summed E-state index contributed by atoms with van der Waals surface area (Å²) < 4.78 is 33.5. The largest absolute Gasteiger partial charge is 0.472 e. The van der Waals surface area contributed by atoms with Crippen LogP contribution in [0, 0.1) is 0 Å². The predicted octanol–water partition coefficient (Wildman–Crippen LogP) is 11.0. The second-order valence-electron chi connectivity index (χ2n) is 18.0. The van der Waals surface area contributed by atoms with Crippen molar-refractivity contribution in [3.63, 3.8) is 0 Å². The predicted molar refractivity (Wildman–Crippen MR) is 258 cm³/mol. The molecule has 0 aliphatic heterocycles. The van der Waals surface area contributed by atoms with Crippen molar-refractivity contribution in [2.75, 3.05) is 13.2 Å². The highest BCUT2D eigenvalue weighted by atomic mass is 31.2. The zero-order chi connectivity index (χ0) is 47.8. The SMILES string of the molecule is CCCCCC/C=C/CCCCCCCC(=O)O[C@@H](COC(=O)CCC/C=C/CC/C=C/CCCCCCCCCCCCCCCC)COP(=O)(O)OC1C(O)C(O)C(O)[C@H](O)C1O. The van der Waals surface area contributed by atoms with E-state index in [4.69, 9.17) is 18.5 Å². The van der Waals surface area contributed by atoms with Crippen LogP contribution < -0.4 is 0 Å².